The lowest BCUT2D eigenvalue weighted by molar-refractivity contribution is -0.119. The van der Waals surface area contributed by atoms with Crippen molar-refractivity contribution in [3.63, 3.8) is 0 Å². The SMILES string of the molecule is CC.CC#CC.CC1CCC(C)C1.CNC(C)=O.CNC(C)=O.Cc1ccc(C)cc1.Cc1ccc(C)nc1.Cc1cn(C)nn1. The van der Waals surface area contributed by atoms with Crippen molar-refractivity contribution >= 4 is 11.8 Å². The molecule has 3 aromatic rings. The number of hydrogen-bond donors (Lipinski definition) is 2. The number of aryl methyl sites for hydroxylation is 6. The fourth-order valence-corrected chi connectivity index (χ4v) is 3.13. The molecule has 2 aromatic heterocycles. The van der Waals surface area contributed by atoms with Gasteiger partial charge in [0.2, 0.25) is 11.8 Å². The Bertz CT molecular complexity index is 1050. The van der Waals surface area contributed by atoms with E-state index in [0.717, 1.165) is 23.2 Å². The minimum absolute atomic E-state index is 0.00463. The highest BCUT2D eigenvalue weighted by molar-refractivity contribution is 5.72. The second-order valence-corrected chi connectivity index (χ2v) is 10.8. The first-order chi connectivity index (χ1) is 21.6. The van der Waals surface area contributed by atoms with Crippen molar-refractivity contribution < 1.29 is 9.59 Å². The molecule has 1 aromatic carbocycles. The molecule has 0 saturated heterocycles. The van der Waals surface area contributed by atoms with Crippen LogP contribution < -0.4 is 10.6 Å². The number of hydrogen-bond acceptors (Lipinski definition) is 5. The Labute approximate surface area is 282 Å². The zero-order valence-electron chi connectivity index (χ0n) is 32.0. The van der Waals surface area contributed by atoms with Crippen LogP contribution in [0, 0.1) is 58.3 Å². The second-order valence-electron chi connectivity index (χ2n) is 10.8. The second kappa shape index (κ2) is 33.9. The molecule has 0 bridgehead atoms. The summed E-state index contributed by atoms with van der Waals surface area (Å²) in [7, 11) is 5.05. The highest BCUT2D eigenvalue weighted by Gasteiger charge is 2.15. The third-order valence-corrected chi connectivity index (χ3v) is 5.91. The molecule has 4 rings (SSSR count). The number of aromatic nitrogens is 4. The molecule has 2 N–H and O–H groups in total. The summed E-state index contributed by atoms with van der Waals surface area (Å²) in [6.45, 7) is 25.4. The minimum Gasteiger partial charge on any atom is -0.359 e. The van der Waals surface area contributed by atoms with Crippen LogP contribution in [0.15, 0.2) is 48.8 Å². The van der Waals surface area contributed by atoms with Crippen LogP contribution in [0.2, 0.25) is 0 Å². The van der Waals surface area contributed by atoms with E-state index in [-0.39, 0.29) is 11.8 Å². The van der Waals surface area contributed by atoms with Gasteiger partial charge in [0.05, 0.1) is 5.69 Å². The van der Waals surface area contributed by atoms with Gasteiger partial charge < -0.3 is 10.6 Å². The summed E-state index contributed by atoms with van der Waals surface area (Å²) in [6.07, 6.45) is 8.15. The first kappa shape index (κ1) is 48.9. The number of carbonyl (C=O) groups excluding carboxylic acids is 2. The molecule has 2 unspecified atom stereocenters. The van der Waals surface area contributed by atoms with Crippen LogP contribution in [-0.4, -0.2) is 45.9 Å². The molecular formula is C38H66N6O2. The van der Waals surface area contributed by atoms with Gasteiger partial charge in [0.15, 0.2) is 0 Å². The summed E-state index contributed by atoms with van der Waals surface area (Å²) >= 11 is 0. The zero-order valence-corrected chi connectivity index (χ0v) is 32.0. The van der Waals surface area contributed by atoms with Gasteiger partial charge in [-0.05, 0) is 78.4 Å². The average molecular weight is 639 g/mol. The smallest absolute Gasteiger partial charge is 0.216 e. The van der Waals surface area contributed by atoms with Crippen molar-refractivity contribution in [2.75, 3.05) is 14.1 Å². The van der Waals surface area contributed by atoms with Crippen LogP contribution in [-0.2, 0) is 16.6 Å². The van der Waals surface area contributed by atoms with Gasteiger partial charge in [-0.2, -0.15) is 0 Å². The molecule has 46 heavy (non-hydrogen) atoms. The van der Waals surface area contributed by atoms with Gasteiger partial charge in [0, 0.05) is 53.1 Å². The molecule has 8 nitrogen and oxygen atoms in total. The van der Waals surface area contributed by atoms with Crippen molar-refractivity contribution in [1.29, 1.82) is 0 Å². The monoisotopic (exact) mass is 639 g/mol. The molecule has 0 aliphatic heterocycles. The predicted molar refractivity (Wildman–Crippen MR) is 197 cm³/mol. The van der Waals surface area contributed by atoms with E-state index in [4.69, 9.17) is 0 Å². The average Bonchev–Trinajstić information content (AvgIpc) is 3.62. The topological polar surface area (TPSA) is 102 Å². The van der Waals surface area contributed by atoms with Crippen molar-refractivity contribution in [3.05, 3.63) is 76.9 Å². The standard InChI is InChI=1S/C8H10.C7H9N.C7H14.C4H7N3.C4H6.2C3H7NO.C2H6/c1-7-3-5-8(2)6-4-7;1-6-3-4-7(2)8-5-6;1-6-3-4-7(2)5-6;1-4-3-7(2)6-5-4;1-3-4-2;2*1-3(5)4-2;1-2/h3-6H,1-2H3;3-5H,1-2H3;6-7H,3-5H2,1-2H3;3H,1-2H3;1-2H3;2*1-2H3,(H,4,5);1-2H3. The third kappa shape index (κ3) is 40.0. The normalized spacial score (nSPS) is 13.0. The summed E-state index contributed by atoms with van der Waals surface area (Å²) in [5.74, 6) is 7.42. The fourth-order valence-electron chi connectivity index (χ4n) is 3.13. The Hall–Kier alpha value is -3.99. The quantitative estimate of drug-likeness (QED) is 0.242. The van der Waals surface area contributed by atoms with Crippen molar-refractivity contribution in [1.82, 2.24) is 30.6 Å². The summed E-state index contributed by atoms with van der Waals surface area (Å²) in [5.41, 5.74) is 5.92. The zero-order chi connectivity index (χ0) is 36.5. The van der Waals surface area contributed by atoms with Crippen LogP contribution in [0.3, 0.4) is 0 Å². The van der Waals surface area contributed by atoms with Gasteiger partial charge in [-0.3, -0.25) is 19.3 Å². The van der Waals surface area contributed by atoms with Crippen LogP contribution in [0.4, 0.5) is 0 Å². The molecule has 0 spiro atoms. The third-order valence-electron chi connectivity index (χ3n) is 5.91. The Balaban J connectivity index is -0.000000225. The van der Waals surface area contributed by atoms with Crippen LogP contribution in [0.25, 0.3) is 0 Å². The Morgan fingerprint density at radius 1 is 0.739 bits per heavy atom. The van der Waals surface area contributed by atoms with E-state index in [1.54, 1.807) is 18.8 Å². The van der Waals surface area contributed by atoms with Crippen molar-refractivity contribution in [2.24, 2.45) is 18.9 Å². The van der Waals surface area contributed by atoms with Crippen LogP contribution in [0.1, 0.15) is 103 Å². The molecule has 0 radical (unpaired) electrons. The molecule has 1 aliphatic carbocycles. The number of pyridine rings is 1. The Morgan fingerprint density at radius 2 is 1.11 bits per heavy atom. The summed E-state index contributed by atoms with van der Waals surface area (Å²) in [5, 5.41) is 12.2. The van der Waals surface area contributed by atoms with Gasteiger partial charge in [0.25, 0.3) is 0 Å². The van der Waals surface area contributed by atoms with Gasteiger partial charge in [-0.25, -0.2) is 0 Å². The number of nitrogens with one attached hydrogen (secondary N) is 2. The summed E-state index contributed by atoms with van der Waals surface area (Å²) < 4.78 is 1.68. The largest absolute Gasteiger partial charge is 0.359 e. The number of benzene rings is 1. The number of rotatable bonds is 0. The molecule has 2 heterocycles. The maximum Gasteiger partial charge on any atom is 0.216 e. The van der Waals surface area contributed by atoms with Crippen molar-refractivity contribution in [3.8, 4) is 11.8 Å². The van der Waals surface area contributed by atoms with Gasteiger partial charge >= 0.3 is 0 Å². The molecular weight excluding hydrogens is 572 g/mol. The number of amides is 2. The van der Waals surface area contributed by atoms with Gasteiger partial charge in [-0.15, -0.1) is 16.9 Å². The lowest BCUT2D eigenvalue weighted by Gasteiger charge is -1.96. The number of nitrogens with zero attached hydrogens (tertiary/aromatic N) is 4. The van der Waals surface area contributed by atoms with Crippen LogP contribution >= 0.6 is 0 Å². The molecule has 2 amide bonds. The Morgan fingerprint density at radius 3 is 1.26 bits per heavy atom. The van der Waals surface area contributed by atoms with Gasteiger partial charge in [-0.1, -0.05) is 87.2 Å². The van der Waals surface area contributed by atoms with E-state index in [2.05, 4.69) is 95.8 Å². The van der Waals surface area contributed by atoms with E-state index < -0.39 is 0 Å². The van der Waals surface area contributed by atoms with E-state index in [0.29, 0.717) is 0 Å². The fraction of sp³-hybridized carbons (Fsp3) is 0.553. The van der Waals surface area contributed by atoms with E-state index in [9.17, 15) is 9.59 Å². The minimum atomic E-state index is 0.00463. The first-order valence-corrected chi connectivity index (χ1v) is 16.1. The van der Waals surface area contributed by atoms with Crippen LogP contribution in [0.5, 0.6) is 0 Å². The molecule has 8 heteroatoms. The molecule has 1 fully saturated rings. The molecule has 1 saturated carbocycles. The highest BCUT2D eigenvalue weighted by Crippen LogP contribution is 2.29. The maximum atomic E-state index is 9.70. The molecule has 2 atom stereocenters. The summed E-state index contributed by atoms with van der Waals surface area (Å²) in [6, 6.07) is 12.5. The first-order valence-electron chi connectivity index (χ1n) is 16.1. The van der Waals surface area contributed by atoms with E-state index >= 15 is 0 Å². The van der Waals surface area contributed by atoms with Gasteiger partial charge in [0.1, 0.15) is 0 Å². The number of carbonyl (C=O) groups is 2. The lowest BCUT2D eigenvalue weighted by Crippen LogP contribution is -2.11. The lowest BCUT2D eigenvalue weighted by atomic mass is 10.1. The molecule has 260 valence electrons. The highest BCUT2D eigenvalue weighted by atomic mass is 16.1. The van der Waals surface area contributed by atoms with Crippen molar-refractivity contribution in [2.45, 2.75) is 109 Å². The predicted octanol–water partition coefficient (Wildman–Crippen LogP) is 8.13. The molecule has 1 aliphatic rings. The Kier molecular flexibility index (Phi) is 36.0. The summed E-state index contributed by atoms with van der Waals surface area (Å²) in [4.78, 5) is 23.5. The maximum absolute atomic E-state index is 9.70. The van der Waals surface area contributed by atoms with E-state index in [1.807, 2.05) is 74.0 Å². The van der Waals surface area contributed by atoms with E-state index in [1.165, 1.54) is 49.8 Å².